The smallest absolute Gasteiger partial charge is 0.405 e. The van der Waals surface area contributed by atoms with Crippen LogP contribution in [-0.4, -0.2) is 18.5 Å². The van der Waals surface area contributed by atoms with E-state index < -0.39 is 12.1 Å². The monoisotopic (exact) mass is 290 g/mol. The normalized spacial score (nSPS) is 12.8. The number of halogens is 3. The van der Waals surface area contributed by atoms with Crippen LogP contribution < -0.4 is 10.5 Å². The molecule has 7 heteroatoms. The number of ether oxygens (including phenoxy) is 1. The fourth-order valence-corrected chi connectivity index (χ4v) is 2.32. The number of nitrogens with two attached hydrogens (primary N) is 1. The Kier molecular flexibility index (Phi) is 5.36. The molecule has 0 radical (unpaired) electrons. The molecule has 0 bridgehead atoms. The van der Waals surface area contributed by atoms with Crippen LogP contribution in [0.3, 0.4) is 0 Å². The molecule has 104 valence electrons. The summed E-state index contributed by atoms with van der Waals surface area (Å²) in [5.41, 5.74) is 6.05. The third kappa shape index (κ3) is 4.56. The fraction of sp³-hybridized carbons (Fsp3) is 0.417. The number of nitriles is 1. The first-order chi connectivity index (χ1) is 8.88. The van der Waals surface area contributed by atoms with Gasteiger partial charge in [0, 0.05) is 16.3 Å². The topological polar surface area (TPSA) is 59.0 Å². The molecule has 1 aromatic rings. The summed E-state index contributed by atoms with van der Waals surface area (Å²) in [7, 11) is 0. The Bertz CT molecular complexity index is 471. The summed E-state index contributed by atoms with van der Waals surface area (Å²) in [5.74, 6) is -1.85. The lowest BCUT2D eigenvalue weighted by molar-refractivity contribution is -0.152. The van der Waals surface area contributed by atoms with Crippen molar-refractivity contribution in [2.75, 3.05) is 18.1 Å². The maximum atomic E-state index is 12.4. The Morgan fingerprint density at radius 3 is 2.68 bits per heavy atom. The maximum absolute atomic E-state index is 12.4. The molecule has 0 spiro atoms. The second-order valence-corrected chi connectivity index (χ2v) is 4.73. The molecule has 1 unspecified atom stereocenters. The number of nitrogen functional groups attached to an aromatic ring is 1. The lowest BCUT2D eigenvalue weighted by Gasteiger charge is -2.14. The third-order valence-corrected chi connectivity index (χ3v) is 3.42. The van der Waals surface area contributed by atoms with Crippen molar-refractivity contribution in [3.05, 3.63) is 18.2 Å². The predicted octanol–water partition coefficient (Wildman–Crippen LogP) is 3.46. The van der Waals surface area contributed by atoms with E-state index in [2.05, 4.69) is 0 Å². The van der Waals surface area contributed by atoms with Crippen LogP contribution in [0, 0.1) is 17.2 Å². The number of hydrogen-bond acceptors (Lipinski definition) is 4. The molecule has 19 heavy (non-hydrogen) atoms. The van der Waals surface area contributed by atoms with Crippen LogP contribution in [0.4, 0.5) is 18.9 Å². The van der Waals surface area contributed by atoms with Crippen molar-refractivity contribution in [3.8, 4) is 11.8 Å². The molecule has 3 nitrogen and oxygen atoms in total. The van der Waals surface area contributed by atoms with E-state index in [1.165, 1.54) is 6.07 Å². The van der Waals surface area contributed by atoms with Crippen LogP contribution in [-0.2, 0) is 0 Å². The first-order valence-electron chi connectivity index (χ1n) is 5.50. The van der Waals surface area contributed by atoms with E-state index in [-0.39, 0.29) is 5.75 Å². The van der Waals surface area contributed by atoms with Crippen molar-refractivity contribution in [2.24, 2.45) is 5.92 Å². The van der Waals surface area contributed by atoms with Crippen LogP contribution in [0.2, 0.25) is 0 Å². The molecule has 0 saturated heterocycles. The van der Waals surface area contributed by atoms with E-state index in [1.807, 2.05) is 0 Å². The quantitative estimate of drug-likeness (QED) is 0.666. The SMILES string of the molecule is CCOc1ccc(N)c(SCC(C#N)C(F)(F)F)c1. The van der Waals surface area contributed by atoms with Crippen LogP contribution >= 0.6 is 11.8 Å². The highest BCUT2D eigenvalue weighted by molar-refractivity contribution is 7.99. The van der Waals surface area contributed by atoms with Crippen LogP contribution in [0.25, 0.3) is 0 Å². The van der Waals surface area contributed by atoms with Gasteiger partial charge in [-0.05, 0) is 25.1 Å². The Morgan fingerprint density at radius 1 is 1.47 bits per heavy atom. The zero-order valence-electron chi connectivity index (χ0n) is 10.2. The highest BCUT2D eigenvalue weighted by Gasteiger charge is 2.39. The number of thioether (sulfide) groups is 1. The molecule has 0 heterocycles. The fourth-order valence-electron chi connectivity index (χ4n) is 1.27. The summed E-state index contributed by atoms with van der Waals surface area (Å²) in [6.07, 6.45) is -4.52. The second kappa shape index (κ2) is 6.57. The van der Waals surface area contributed by atoms with Gasteiger partial charge in [0.05, 0.1) is 12.7 Å². The van der Waals surface area contributed by atoms with E-state index in [0.717, 1.165) is 11.8 Å². The molecule has 0 saturated carbocycles. The largest absolute Gasteiger partial charge is 0.494 e. The Hall–Kier alpha value is -1.55. The maximum Gasteiger partial charge on any atom is 0.405 e. The van der Waals surface area contributed by atoms with Crippen LogP contribution in [0.5, 0.6) is 5.75 Å². The van der Waals surface area contributed by atoms with E-state index in [9.17, 15) is 13.2 Å². The Morgan fingerprint density at radius 2 is 2.16 bits per heavy atom. The molecule has 0 fully saturated rings. The Labute approximate surface area is 113 Å². The van der Waals surface area contributed by atoms with Crippen LogP contribution in [0.1, 0.15) is 6.92 Å². The molecule has 1 aromatic carbocycles. The summed E-state index contributed by atoms with van der Waals surface area (Å²) in [4.78, 5) is 0.482. The van der Waals surface area contributed by atoms with Crippen molar-refractivity contribution in [1.29, 1.82) is 5.26 Å². The van der Waals surface area contributed by atoms with E-state index in [4.69, 9.17) is 15.7 Å². The van der Waals surface area contributed by atoms with E-state index in [0.29, 0.717) is 22.9 Å². The van der Waals surface area contributed by atoms with Crippen LogP contribution in [0.15, 0.2) is 23.1 Å². The molecule has 2 N–H and O–H groups in total. The number of benzene rings is 1. The lowest BCUT2D eigenvalue weighted by Crippen LogP contribution is -2.23. The van der Waals surface area contributed by atoms with Crippen molar-refractivity contribution in [2.45, 2.75) is 18.0 Å². The van der Waals surface area contributed by atoms with Crippen molar-refractivity contribution in [3.63, 3.8) is 0 Å². The molecule has 0 aliphatic heterocycles. The van der Waals surface area contributed by atoms with Gasteiger partial charge in [-0.25, -0.2) is 0 Å². The average molecular weight is 290 g/mol. The first-order valence-corrected chi connectivity index (χ1v) is 6.48. The van der Waals surface area contributed by atoms with Gasteiger partial charge in [-0.15, -0.1) is 11.8 Å². The number of anilines is 1. The van der Waals surface area contributed by atoms with Gasteiger partial charge in [-0.2, -0.15) is 18.4 Å². The minimum absolute atomic E-state index is 0.368. The summed E-state index contributed by atoms with van der Waals surface area (Å²) in [5, 5.41) is 8.51. The van der Waals surface area contributed by atoms with Gasteiger partial charge in [0.25, 0.3) is 0 Å². The lowest BCUT2D eigenvalue weighted by atomic mass is 10.2. The highest BCUT2D eigenvalue weighted by atomic mass is 32.2. The highest BCUT2D eigenvalue weighted by Crippen LogP contribution is 2.34. The molecule has 1 rings (SSSR count). The van der Waals surface area contributed by atoms with E-state index in [1.54, 1.807) is 25.1 Å². The number of nitrogens with zero attached hydrogens (tertiary/aromatic N) is 1. The van der Waals surface area contributed by atoms with Crippen molar-refractivity contribution < 1.29 is 17.9 Å². The van der Waals surface area contributed by atoms with Gasteiger partial charge in [0.1, 0.15) is 5.75 Å². The summed E-state index contributed by atoms with van der Waals surface area (Å²) < 4.78 is 42.5. The standard InChI is InChI=1S/C12H13F3N2OS/c1-2-18-9-3-4-10(17)11(5-9)19-7-8(6-16)12(13,14)15/h3-5,8H,2,7,17H2,1H3. The molecule has 0 aliphatic carbocycles. The molecular formula is C12H13F3N2OS. The van der Waals surface area contributed by atoms with Gasteiger partial charge in [0.15, 0.2) is 5.92 Å². The third-order valence-electron chi connectivity index (χ3n) is 2.25. The minimum atomic E-state index is -4.52. The zero-order chi connectivity index (χ0) is 14.5. The summed E-state index contributed by atoms with van der Waals surface area (Å²) in [6, 6.07) is 6.05. The summed E-state index contributed by atoms with van der Waals surface area (Å²) in [6.45, 7) is 2.26. The number of rotatable bonds is 5. The first kappa shape index (κ1) is 15.5. The van der Waals surface area contributed by atoms with E-state index >= 15 is 0 Å². The van der Waals surface area contributed by atoms with Gasteiger partial charge >= 0.3 is 6.18 Å². The van der Waals surface area contributed by atoms with Crippen molar-refractivity contribution >= 4 is 17.4 Å². The minimum Gasteiger partial charge on any atom is -0.494 e. The molecule has 0 aromatic heterocycles. The Balaban J connectivity index is 2.77. The molecule has 1 atom stereocenters. The van der Waals surface area contributed by atoms with Gasteiger partial charge in [-0.3, -0.25) is 0 Å². The molecule has 0 aliphatic rings. The number of hydrogen-bond donors (Lipinski definition) is 1. The average Bonchev–Trinajstić information content (AvgIpc) is 2.32. The predicted molar refractivity (Wildman–Crippen MR) is 67.9 cm³/mol. The number of alkyl halides is 3. The van der Waals surface area contributed by atoms with Gasteiger partial charge in [0.2, 0.25) is 0 Å². The molecular weight excluding hydrogens is 277 g/mol. The van der Waals surface area contributed by atoms with Crippen molar-refractivity contribution in [1.82, 2.24) is 0 Å². The van der Waals surface area contributed by atoms with Gasteiger partial charge in [-0.1, -0.05) is 0 Å². The zero-order valence-corrected chi connectivity index (χ0v) is 11.0. The summed E-state index contributed by atoms with van der Waals surface area (Å²) >= 11 is 0.899. The second-order valence-electron chi connectivity index (χ2n) is 3.67. The van der Waals surface area contributed by atoms with Gasteiger partial charge < -0.3 is 10.5 Å². The molecule has 0 amide bonds.